The summed E-state index contributed by atoms with van der Waals surface area (Å²) >= 11 is 12.1. The first-order valence-electron chi connectivity index (χ1n) is 12.1. The quantitative estimate of drug-likeness (QED) is 0.262. The van der Waals surface area contributed by atoms with Crippen molar-refractivity contribution in [3.63, 3.8) is 0 Å². The van der Waals surface area contributed by atoms with Gasteiger partial charge in [-0.25, -0.2) is 0 Å². The summed E-state index contributed by atoms with van der Waals surface area (Å²) in [7, 11) is 0. The number of nitrogens with one attached hydrogen (secondary N) is 2. The largest absolute Gasteiger partial charge is 0.459 e. The minimum absolute atomic E-state index is 0.0807. The molecule has 1 aliphatic rings. The molecule has 0 spiro atoms. The molecular weight excluding hydrogens is 504 g/mol. The number of aryl methyl sites for hydroxylation is 2. The van der Waals surface area contributed by atoms with Crippen molar-refractivity contribution in [3.8, 4) is 11.3 Å². The first-order chi connectivity index (χ1) is 17.9. The number of hydrogen-bond acceptors (Lipinski definition) is 4. The van der Waals surface area contributed by atoms with E-state index in [1.165, 1.54) is 0 Å². The number of carbonyl (C=O) groups excluding carboxylic acids is 1. The molecular formula is C29H27ClN4O2S. The van der Waals surface area contributed by atoms with Crippen LogP contribution in [-0.2, 0) is 4.79 Å². The van der Waals surface area contributed by atoms with E-state index < -0.39 is 0 Å². The molecule has 0 bridgehead atoms. The van der Waals surface area contributed by atoms with Crippen LogP contribution in [0.4, 0.5) is 5.69 Å². The molecule has 1 aliphatic heterocycles. The van der Waals surface area contributed by atoms with E-state index in [9.17, 15) is 4.79 Å². The maximum atomic E-state index is 12.8. The molecule has 1 amide bonds. The second kappa shape index (κ2) is 10.7. The smallest absolute Gasteiger partial charge is 0.226 e. The van der Waals surface area contributed by atoms with Crippen LogP contribution in [0.1, 0.15) is 41.1 Å². The molecule has 6 nitrogen and oxygen atoms in total. The highest BCUT2D eigenvalue weighted by molar-refractivity contribution is 7.80. The van der Waals surface area contributed by atoms with Gasteiger partial charge >= 0.3 is 0 Å². The summed E-state index contributed by atoms with van der Waals surface area (Å²) in [5.41, 5.74) is 4.62. The van der Waals surface area contributed by atoms with Gasteiger partial charge in [0, 0.05) is 35.4 Å². The highest BCUT2D eigenvalue weighted by Crippen LogP contribution is 2.40. The van der Waals surface area contributed by atoms with E-state index in [4.69, 9.17) is 28.2 Å². The number of furan rings is 1. The normalized spacial score (nSPS) is 17.1. The molecule has 2 aromatic carbocycles. The highest BCUT2D eigenvalue weighted by atomic mass is 35.5. The molecule has 0 radical (unpaired) electrons. The zero-order valence-corrected chi connectivity index (χ0v) is 22.1. The van der Waals surface area contributed by atoms with Crippen LogP contribution in [-0.4, -0.2) is 27.4 Å². The number of amides is 1. The fraction of sp³-hybridized carbons (Fsp3) is 0.207. The summed E-state index contributed by atoms with van der Waals surface area (Å²) in [6.07, 6.45) is 2.03. The van der Waals surface area contributed by atoms with E-state index in [1.54, 1.807) is 6.20 Å². The van der Waals surface area contributed by atoms with Gasteiger partial charge in [-0.1, -0.05) is 41.9 Å². The van der Waals surface area contributed by atoms with Crippen molar-refractivity contribution in [1.82, 2.24) is 15.2 Å². The van der Waals surface area contributed by atoms with Gasteiger partial charge in [0.15, 0.2) is 5.11 Å². The average Bonchev–Trinajstić information content (AvgIpc) is 3.49. The Kier molecular flexibility index (Phi) is 7.26. The van der Waals surface area contributed by atoms with E-state index in [1.807, 2.05) is 91.5 Å². The summed E-state index contributed by atoms with van der Waals surface area (Å²) in [4.78, 5) is 19.4. The van der Waals surface area contributed by atoms with Gasteiger partial charge < -0.3 is 20.0 Å². The monoisotopic (exact) mass is 530 g/mol. The van der Waals surface area contributed by atoms with Crippen LogP contribution in [0.5, 0.6) is 0 Å². The molecule has 0 unspecified atom stereocenters. The van der Waals surface area contributed by atoms with Crippen molar-refractivity contribution >= 4 is 40.5 Å². The lowest BCUT2D eigenvalue weighted by Gasteiger charge is -2.25. The summed E-state index contributed by atoms with van der Waals surface area (Å²) in [5, 5.41) is 7.62. The van der Waals surface area contributed by atoms with Crippen LogP contribution in [0.3, 0.4) is 0 Å². The number of benzene rings is 2. The number of rotatable bonds is 7. The zero-order chi connectivity index (χ0) is 25.9. The van der Waals surface area contributed by atoms with Gasteiger partial charge in [0.05, 0.1) is 11.7 Å². The SMILES string of the molecule is Cc1cccc(NC(=O)CCN2C(=S)N[C@H](c3ccccn3)[C@H]2c2ccc(-c3ccc(C)c(Cl)c3)o2)c1. The predicted octanol–water partition coefficient (Wildman–Crippen LogP) is 6.61. The Labute approximate surface area is 226 Å². The molecule has 2 aromatic heterocycles. The predicted molar refractivity (Wildman–Crippen MR) is 150 cm³/mol. The number of aromatic nitrogens is 1. The number of pyridine rings is 1. The fourth-order valence-corrected chi connectivity index (χ4v) is 5.05. The Bertz CT molecular complexity index is 1440. The average molecular weight is 531 g/mol. The van der Waals surface area contributed by atoms with Crippen molar-refractivity contribution in [1.29, 1.82) is 0 Å². The third-order valence-corrected chi connectivity index (χ3v) is 7.21. The standard InChI is InChI=1S/C29H27ClN4O2S/c1-18-6-5-7-21(16-18)32-26(35)13-15-34-28(27(33-29(34)37)23-8-3-4-14-31-23)25-12-11-24(36-25)20-10-9-19(2)22(30)17-20/h3-12,14,16-17,27-28H,13,15H2,1-2H3,(H,32,35)(H,33,37)/t27-,28-/m1/s1. The molecule has 5 rings (SSSR count). The van der Waals surface area contributed by atoms with Crippen LogP contribution in [0.2, 0.25) is 5.02 Å². The third kappa shape index (κ3) is 5.53. The van der Waals surface area contributed by atoms with Crippen molar-refractivity contribution in [3.05, 3.63) is 107 Å². The Balaban J connectivity index is 1.40. The maximum absolute atomic E-state index is 12.8. The van der Waals surface area contributed by atoms with Crippen LogP contribution in [0.15, 0.2) is 83.4 Å². The summed E-state index contributed by atoms with van der Waals surface area (Å²) in [6.45, 7) is 4.38. The van der Waals surface area contributed by atoms with Gasteiger partial charge in [-0.2, -0.15) is 0 Å². The highest BCUT2D eigenvalue weighted by Gasteiger charge is 2.41. The third-order valence-electron chi connectivity index (χ3n) is 6.45. The van der Waals surface area contributed by atoms with Crippen LogP contribution in [0.25, 0.3) is 11.3 Å². The lowest BCUT2D eigenvalue weighted by Crippen LogP contribution is -2.32. The van der Waals surface area contributed by atoms with E-state index in [-0.39, 0.29) is 24.4 Å². The van der Waals surface area contributed by atoms with E-state index >= 15 is 0 Å². The second-order valence-corrected chi connectivity index (χ2v) is 9.95. The molecule has 0 saturated carbocycles. The van der Waals surface area contributed by atoms with Crippen LogP contribution >= 0.6 is 23.8 Å². The fourth-order valence-electron chi connectivity index (χ4n) is 4.54. The summed E-state index contributed by atoms with van der Waals surface area (Å²) in [6, 6.07) is 22.8. The van der Waals surface area contributed by atoms with Crippen molar-refractivity contribution in [2.75, 3.05) is 11.9 Å². The second-order valence-electron chi connectivity index (χ2n) is 9.15. The number of nitrogens with zero attached hydrogens (tertiary/aromatic N) is 2. The minimum Gasteiger partial charge on any atom is -0.459 e. The maximum Gasteiger partial charge on any atom is 0.226 e. The first kappa shape index (κ1) is 25.0. The molecule has 1 saturated heterocycles. The van der Waals surface area contributed by atoms with Gasteiger partial charge in [-0.05, 0) is 79.7 Å². The number of thiocarbonyl (C=S) groups is 1. The van der Waals surface area contributed by atoms with Gasteiger partial charge in [0.25, 0.3) is 0 Å². The van der Waals surface area contributed by atoms with Gasteiger partial charge in [0.1, 0.15) is 17.6 Å². The van der Waals surface area contributed by atoms with E-state index in [2.05, 4.69) is 15.6 Å². The zero-order valence-electron chi connectivity index (χ0n) is 20.6. The minimum atomic E-state index is -0.274. The number of hydrogen-bond donors (Lipinski definition) is 2. The molecule has 4 aromatic rings. The molecule has 2 atom stereocenters. The number of carbonyl (C=O) groups is 1. The van der Waals surface area contributed by atoms with Crippen LogP contribution in [0, 0.1) is 13.8 Å². The summed E-state index contributed by atoms with van der Waals surface area (Å²) < 4.78 is 6.37. The molecule has 3 heterocycles. The topological polar surface area (TPSA) is 70.4 Å². The van der Waals surface area contributed by atoms with Gasteiger partial charge in [-0.15, -0.1) is 0 Å². The molecule has 188 valence electrons. The molecule has 8 heteroatoms. The van der Waals surface area contributed by atoms with Gasteiger partial charge in [0.2, 0.25) is 5.91 Å². The number of anilines is 1. The summed E-state index contributed by atoms with van der Waals surface area (Å²) in [5.74, 6) is 1.36. The van der Waals surface area contributed by atoms with Crippen molar-refractivity contribution in [2.45, 2.75) is 32.4 Å². The van der Waals surface area contributed by atoms with E-state index in [0.717, 1.165) is 33.8 Å². The van der Waals surface area contributed by atoms with Crippen LogP contribution < -0.4 is 10.6 Å². The lowest BCUT2D eigenvalue weighted by molar-refractivity contribution is -0.116. The Morgan fingerprint density at radius 1 is 1.11 bits per heavy atom. The Morgan fingerprint density at radius 3 is 2.73 bits per heavy atom. The van der Waals surface area contributed by atoms with Crippen molar-refractivity contribution < 1.29 is 9.21 Å². The first-order valence-corrected chi connectivity index (χ1v) is 12.9. The number of halogens is 1. The van der Waals surface area contributed by atoms with E-state index in [0.29, 0.717) is 22.4 Å². The molecule has 1 fully saturated rings. The Morgan fingerprint density at radius 2 is 1.97 bits per heavy atom. The van der Waals surface area contributed by atoms with Crippen molar-refractivity contribution in [2.24, 2.45) is 0 Å². The van der Waals surface area contributed by atoms with Gasteiger partial charge in [-0.3, -0.25) is 9.78 Å². The molecule has 37 heavy (non-hydrogen) atoms. The molecule has 2 N–H and O–H groups in total. The molecule has 0 aliphatic carbocycles. The lowest BCUT2D eigenvalue weighted by atomic mass is 10.0. The Hall–Kier alpha value is -3.68.